The summed E-state index contributed by atoms with van der Waals surface area (Å²) in [5.41, 5.74) is 1.50. The molecule has 0 saturated heterocycles. The molecular weight excluding hydrogens is 282 g/mol. The van der Waals surface area contributed by atoms with Gasteiger partial charge in [0.05, 0.1) is 13.2 Å². The molecule has 0 fully saturated rings. The van der Waals surface area contributed by atoms with Crippen molar-refractivity contribution in [2.45, 2.75) is 30.4 Å². The summed E-state index contributed by atoms with van der Waals surface area (Å²) in [6.45, 7) is 10.4. The summed E-state index contributed by atoms with van der Waals surface area (Å²) in [5, 5.41) is 0.658. The molecule has 4 heteroatoms. The van der Waals surface area contributed by atoms with E-state index in [4.69, 9.17) is 9.47 Å². The monoisotopic (exact) mass is 309 g/mol. The molecule has 0 aliphatic carbocycles. The fourth-order valence-corrected chi connectivity index (χ4v) is 3.98. The second-order valence-corrected chi connectivity index (χ2v) is 6.59. The van der Waals surface area contributed by atoms with Crippen LogP contribution < -0.4 is 0 Å². The van der Waals surface area contributed by atoms with Crippen LogP contribution in [0.4, 0.5) is 0 Å². The zero-order valence-electron chi connectivity index (χ0n) is 13.2. The van der Waals surface area contributed by atoms with Gasteiger partial charge in [-0.15, -0.1) is 11.8 Å². The van der Waals surface area contributed by atoms with Crippen LogP contribution in [0, 0.1) is 0 Å². The Hall–Kier alpha value is -0.550. The Morgan fingerprint density at radius 2 is 1.76 bits per heavy atom. The molecular formula is C17H27NO2S. The Labute approximate surface area is 133 Å². The van der Waals surface area contributed by atoms with E-state index in [1.165, 1.54) is 16.9 Å². The highest BCUT2D eigenvalue weighted by atomic mass is 32.2. The first-order valence-electron chi connectivity index (χ1n) is 7.95. The highest BCUT2D eigenvalue weighted by molar-refractivity contribution is 8.00. The van der Waals surface area contributed by atoms with E-state index in [0.717, 1.165) is 46.1 Å². The van der Waals surface area contributed by atoms with Gasteiger partial charge in [-0.25, -0.2) is 0 Å². The molecule has 1 atom stereocenters. The number of rotatable bonds is 10. The summed E-state index contributed by atoms with van der Waals surface area (Å²) in [4.78, 5) is 3.94. The van der Waals surface area contributed by atoms with Gasteiger partial charge in [-0.3, -0.25) is 4.90 Å². The predicted molar refractivity (Wildman–Crippen MR) is 89.2 cm³/mol. The van der Waals surface area contributed by atoms with Crippen LogP contribution >= 0.6 is 11.8 Å². The molecule has 1 heterocycles. The van der Waals surface area contributed by atoms with E-state index in [1.54, 1.807) is 0 Å². The SMILES string of the molecule is CCOCCN(CCOCC)CC1Cc2ccccc2S1. The van der Waals surface area contributed by atoms with Crippen LogP contribution in [-0.4, -0.2) is 56.2 Å². The standard InChI is InChI=1S/C17H27NO2S/c1-3-19-11-9-18(10-12-20-4-2)14-16-13-15-7-5-6-8-17(15)21-16/h5-8,16H,3-4,9-14H2,1-2H3. The highest BCUT2D eigenvalue weighted by Gasteiger charge is 2.23. The number of hydrogen-bond acceptors (Lipinski definition) is 4. The second kappa shape index (κ2) is 9.46. The minimum absolute atomic E-state index is 0.658. The van der Waals surface area contributed by atoms with Crippen molar-refractivity contribution in [2.24, 2.45) is 0 Å². The van der Waals surface area contributed by atoms with Gasteiger partial charge < -0.3 is 9.47 Å². The molecule has 0 amide bonds. The van der Waals surface area contributed by atoms with Gasteiger partial charge in [-0.1, -0.05) is 18.2 Å². The van der Waals surface area contributed by atoms with Crippen molar-refractivity contribution in [3.63, 3.8) is 0 Å². The molecule has 3 nitrogen and oxygen atoms in total. The van der Waals surface area contributed by atoms with Gasteiger partial charge in [-0.2, -0.15) is 0 Å². The maximum absolute atomic E-state index is 5.51. The zero-order valence-corrected chi connectivity index (χ0v) is 14.0. The molecule has 118 valence electrons. The lowest BCUT2D eigenvalue weighted by Gasteiger charge is -2.24. The predicted octanol–water partition coefficient (Wildman–Crippen LogP) is 3.08. The van der Waals surface area contributed by atoms with Gasteiger partial charge >= 0.3 is 0 Å². The third-order valence-electron chi connectivity index (χ3n) is 3.69. The molecule has 0 spiro atoms. The summed E-state index contributed by atoms with van der Waals surface area (Å²) >= 11 is 2.02. The first kappa shape index (κ1) is 16.8. The Balaban J connectivity index is 1.80. The number of ether oxygens (including phenoxy) is 2. The van der Waals surface area contributed by atoms with Crippen molar-refractivity contribution in [1.82, 2.24) is 4.90 Å². The number of hydrogen-bond donors (Lipinski definition) is 0. The summed E-state index contributed by atoms with van der Waals surface area (Å²) in [6, 6.07) is 8.78. The number of benzene rings is 1. The lowest BCUT2D eigenvalue weighted by molar-refractivity contribution is 0.0831. The molecule has 0 saturated carbocycles. The van der Waals surface area contributed by atoms with E-state index in [-0.39, 0.29) is 0 Å². The van der Waals surface area contributed by atoms with E-state index in [0.29, 0.717) is 5.25 Å². The van der Waals surface area contributed by atoms with Crippen LogP contribution in [0.2, 0.25) is 0 Å². The first-order chi connectivity index (χ1) is 10.3. The Morgan fingerprint density at radius 3 is 2.38 bits per heavy atom. The molecule has 2 rings (SSSR count). The quantitative estimate of drug-likeness (QED) is 0.619. The lowest BCUT2D eigenvalue weighted by atomic mass is 10.1. The smallest absolute Gasteiger partial charge is 0.0593 e. The molecule has 1 aliphatic heterocycles. The van der Waals surface area contributed by atoms with Crippen molar-refractivity contribution in [2.75, 3.05) is 46.1 Å². The number of fused-ring (bicyclic) bond motifs is 1. The van der Waals surface area contributed by atoms with Crippen LogP contribution in [0.25, 0.3) is 0 Å². The van der Waals surface area contributed by atoms with Gasteiger partial charge in [0.15, 0.2) is 0 Å². The summed E-state index contributed by atoms with van der Waals surface area (Å²) in [7, 11) is 0. The second-order valence-electron chi connectivity index (χ2n) is 5.25. The van der Waals surface area contributed by atoms with Crippen molar-refractivity contribution >= 4 is 11.8 Å². The van der Waals surface area contributed by atoms with Gasteiger partial charge in [0.1, 0.15) is 0 Å². The maximum Gasteiger partial charge on any atom is 0.0593 e. The highest BCUT2D eigenvalue weighted by Crippen LogP contribution is 2.36. The molecule has 0 N–H and O–H groups in total. The summed E-state index contributed by atoms with van der Waals surface area (Å²) < 4.78 is 11.0. The fraction of sp³-hybridized carbons (Fsp3) is 0.647. The van der Waals surface area contributed by atoms with E-state index in [1.807, 2.05) is 25.6 Å². The van der Waals surface area contributed by atoms with Crippen molar-refractivity contribution in [1.29, 1.82) is 0 Å². The molecule has 1 aromatic rings. The molecule has 1 unspecified atom stereocenters. The lowest BCUT2D eigenvalue weighted by Crippen LogP contribution is -2.36. The van der Waals surface area contributed by atoms with Gasteiger partial charge in [0.2, 0.25) is 0 Å². The number of nitrogens with zero attached hydrogens (tertiary/aromatic N) is 1. The molecule has 0 radical (unpaired) electrons. The van der Waals surface area contributed by atoms with Crippen molar-refractivity contribution < 1.29 is 9.47 Å². The zero-order chi connectivity index (χ0) is 14.9. The Kier molecular flexibility index (Phi) is 7.58. The minimum Gasteiger partial charge on any atom is -0.380 e. The maximum atomic E-state index is 5.51. The third kappa shape index (κ3) is 5.62. The van der Waals surface area contributed by atoms with E-state index in [2.05, 4.69) is 29.2 Å². The molecule has 0 bridgehead atoms. The molecule has 21 heavy (non-hydrogen) atoms. The third-order valence-corrected chi connectivity index (χ3v) is 4.99. The van der Waals surface area contributed by atoms with Crippen LogP contribution in [0.1, 0.15) is 19.4 Å². The van der Waals surface area contributed by atoms with Crippen LogP contribution in [0.5, 0.6) is 0 Å². The topological polar surface area (TPSA) is 21.7 Å². The van der Waals surface area contributed by atoms with Crippen LogP contribution in [-0.2, 0) is 15.9 Å². The van der Waals surface area contributed by atoms with Crippen LogP contribution in [0.15, 0.2) is 29.2 Å². The van der Waals surface area contributed by atoms with E-state index < -0.39 is 0 Å². The van der Waals surface area contributed by atoms with Gasteiger partial charge in [0.25, 0.3) is 0 Å². The minimum atomic E-state index is 0.658. The van der Waals surface area contributed by atoms with Crippen LogP contribution in [0.3, 0.4) is 0 Å². The van der Waals surface area contributed by atoms with Gasteiger partial charge in [-0.05, 0) is 31.9 Å². The van der Waals surface area contributed by atoms with E-state index >= 15 is 0 Å². The number of thioether (sulfide) groups is 1. The molecule has 1 aromatic carbocycles. The van der Waals surface area contributed by atoms with Crippen molar-refractivity contribution in [3.8, 4) is 0 Å². The summed E-state index contributed by atoms with van der Waals surface area (Å²) in [6.07, 6.45) is 1.18. The molecule has 1 aliphatic rings. The van der Waals surface area contributed by atoms with E-state index in [9.17, 15) is 0 Å². The largest absolute Gasteiger partial charge is 0.380 e. The summed E-state index contributed by atoms with van der Waals surface area (Å²) in [5.74, 6) is 0. The van der Waals surface area contributed by atoms with Gasteiger partial charge in [0, 0.05) is 43.0 Å². The average Bonchev–Trinajstić information content (AvgIpc) is 2.89. The average molecular weight is 309 g/mol. The fourth-order valence-electron chi connectivity index (χ4n) is 2.61. The Bertz CT molecular complexity index is 379. The Morgan fingerprint density at radius 1 is 1.10 bits per heavy atom. The first-order valence-corrected chi connectivity index (χ1v) is 8.83. The normalized spacial score (nSPS) is 17.4. The van der Waals surface area contributed by atoms with Crippen molar-refractivity contribution in [3.05, 3.63) is 29.8 Å². The molecule has 0 aromatic heterocycles.